The SMILES string of the molecule is O=C(O)[C@@H](CC1CC1)NC(=O)C(c1ccccc1)(c1ccccc1)c1ccccc1. The third-order valence-electron chi connectivity index (χ3n) is 5.83. The van der Waals surface area contributed by atoms with Gasteiger partial charge in [-0.2, -0.15) is 0 Å². The van der Waals surface area contributed by atoms with Gasteiger partial charge in [-0.15, -0.1) is 0 Å². The molecule has 0 heterocycles. The number of amides is 1. The predicted molar refractivity (Wildman–Crippen MR) is 116 cm³/mol. The van der Waals surface area contributed by atoms with Crippen LogP contribution in [0.4, 0.5) is 0 Å². The highest BCUT2D eigenvalue weighted by Crippen LogP contribution is 2.40. The number of carboxylic acid groups (broad SMARTS) is 1. The Balaban J connectivity index is 1.88. The van der Waals surface area contributed by atoms with Crippen molar-refractivity contribution in [2.75, 3.05) is 0 Å². The molecular weight excluding hydrogens is 374 g/mol. The maximum atomic E-state index is 14.0. The number of benzene rings is 3. The second-order valence-electron chi connectivity index (χ2n) is 7.89. The molecule has 2 N–H and O–H groups in total. The van der Waals surface area contributed by atoms with Crippen molar-refractivity contribution in [2.45, 2.75) is 30.7 Å². The van der Waals surface area contributed by atoms with Crippen molar-refractivity contribution >= 4 is 11.9 Å². The van der Waals surface area contributed by atoms with Gasteiger partial charge in [0.15, 0.2) is 0 Å². The zero-order valence-corrected chi connectivity index (χ0v) is 16.7. The van der Waals surface area contributed by atoms with Crippen LogP contribution in [-0.4, -0.2) is 23.0 Å². The van der Waals surface area contributed by atoms with E-state index in [-0.39, 0.29) is 5.91 Å². The van der Waals surface area contributed by atoms with Gasteiger partial charge >= 0.3 is 5.97 Å². The van der Waals surface area contributed by atoms with Gasteiger partial charge in [-0.25, -0.2) is 4.79 Å². The van der Waals surface area contributed by atoms with Gasteiger partial charge in [-0.3, -0.25) is 4.79 Å². The van der Waals surface area contributed by atoms with Gasteiger partial charge in [0, 0.05) is 0 Å². The van der Waals surface area contributed by atoms with Crippen LogP contribution in [0.2, 0.25) is 0 Å². The Bertz CT molecular complexity index is 902. The molecule has 4 rings (SSSR count). The van der Waals surface area contributed by atoms with Crippen molar-refractivity contribution in [3.05, 3.63) is 108 Å². The molecule has 1 amide bonds. The minimum atomic E-state index is -1.15. The Morgan fingerprint density at radius 2 is 1.20 bits per heavy atom. The number of rotatable bonds is 8. The van der Waals surface area contributed by atoms with E-state index < -0.39 is 17.4 Å². The minimum absolute atomic E-state index is 0.320. The Morgan fingerprint density at radius 3 is 1.53 bits per heavy atom. The van der Waals surface area contributed by atoms with Crippen molar-refractivity contribution in [3.63, 3.8) is 0 Å². The van der Waals surface area contributed by atoms with Gasteiger partial charge < -0.3 is 10.4 Å². The smallest absolute Gasteiger partial charge is 0.326 e. The van der Waals surface area contributed by atoms with Crippen LogP contribution < -0.4 is 5.32 Å². The number of carboxylic acids is 1. The van der Waals surface area contributed by atoms with E-state index in [1.54, 1.807) is 0 Å². The lowest BCUT2D eigenvalue weighted by Crippen LogP contribution is -2.52. The summed E-state index contributed by atoms with van der Waals surface area (Å²) >= 11 is 0. The van der Waals surface area contributed by atoms with E-state index >= 15 is 0 Å². The van der Waals surface area contributed by atoms with Crippen LogP contribution in [0.5, 0.6) is 0 Å². The first-order valence-electron chi connectivity index (χ1n) is 10.3. The third kappa shape index (κ3) is 3.86. The number of carbonyl (C=O) groups excluding carboxylic acids is 1. The summed E-state index contributed by atoms with van der Waals surface area (Å²) in [6.07, 6.45) is 2.53. The molecule has 3 aromatic rings. The summed E-state index contributed by atoms with van der Waals surface area (Å²) in [5.74, 6) is -0.927. The van der Waals surface area contributed by atoms with E-state index in [9.17, 15) is 14.7 Å². The Labute approximate surface area is 176 Å². The fourth-order valence-electron chi connectivity index (χ4n) is 4.13. The first-order chi connectivity index (χ1) is 14.6. The fourth-order valence-corrected chi connectivity index (χ4v) is 4.13. The maximum absolute atomic E-state index is 14.0. The lowest BCUT2D eigenvalue weighted by molar-refractivity contribution is -0.142. The van der Waals surface area contributed by atoms with E-state index in [0.29, 0.717) is 12.3 Å². The topological polar surface area (TPSA) is 66.4 Å². The zero-order valence-electron chi connectivity index (χ0n) is 16.7. The van der Waals surface area contributed by atoms with Crippen molar-refractivity contribution < 1.29 is 14.7 Å². The lowest BCUT2D eigenvalue weighted by atomic mass is 9.68. The van der Waals surface area contributed by atoms with Crippen molar-refractivity contribution in [1.82, 2.24) is 5.32 Å². The van der Waals surface area contributed by atoms with Crippen LogP contribution in [0.15, 0.2) is 91.0 Å². The number of carbonyl (C=O) groups is 2. The van der Waals surface area contributed by atoms with Gasteiger partial charge in [-0.05, 0) is 29.0 Å². The van der Waals surface area contributed by atoms with Crippen LogP contribution in [-0.2, 0) is 15.0 Å². The molecule has 1 atom stereocenters. The molecule has 0 aromatic heterocycles. The molecule has 1 aliphatic rings. The van der Waals surface area contributed by atoms with Crippen LogP contribution in [0.1, 0.15) is 36.0 Å². The van der Waals surface area contributed by atoms with Gasteiger partial charge in [0.2, 0.25) is 5.91 Å². The Morgan fingerprint density at radius 1 is 0.800 bits per heavy atom. The molecular formula is C26H25NO3. The molecule has 0 bridgehead atoms. The molecule has 152 valence electrons. The average molecular weight is 399 g/mol. The molecule has 0 saturated heterocycles. The van der Waals surface area contributed by atoms with Gasteiger partial charge in [0.05, 0.1) is 0 Å². The summed E-state index contributed by atoms with van der Waals surface area (Å²) in [6, 6.07) is 27.8. The van der Waals surface area contributed by atoms with Crippen LogP contribution >= 0.6 is 0 Å². The largest absolute Gasteiger partial charge is 0.480 e. The maximum Gasteiger partial charge on any atom is 0.326 e. The minimum Gasteiger partial charge on any atom is -0.480 e. The van der Waals surface area contributed by atoms with Crippen LogP contribution in [0.25, 0.3) is 0 Å². The zero-order chi connectivity index (χ0) is 21.0. The second-order valence-corrected chi connectivity index (χ2v) is 7.89. The van der Waals surface area contributed by atoms with E-state index in [1.807, 2.05) is 91.0 Å². The quantitative estimate of drug-likeness (QED) is 0.552. The summed E-state index contributed by atoms with van der Waals surface area (Å²) in [7, 11) is 0. The molecule has 1 fully saturated rings. The molecule has 4 heteroatoms. The highest BCUT2D eigenvalue weighted by atomic mass is 16.4. The molecule has 4 nitrogen and oxygen atoms in total. The first-order valence-corrected chi connectivity index (χ1v) is 10.3. The highest BCUT2D eigenvalue weighted by Gasteiger charge is 2.45. The Hall–Kier alpha value is -3.40. The summed E-state index contributed by atoms with van der Waals surface area (Å²) in [5, 5.41) is 12.6. The molecule has 0 spiro atoms. The molecule has 1 aliphatic carbocycles. The monoisotopic (exact) mass is 399 g/mol. The molecule has 0 unspecified atom stereocenters. The van der Waals surface area contributed by atoms with Crippen LogP contribution in [0.3, 0.4) is 0 Å². The lowest BCUT2D eigenvalue weighted by Gasteiger charge is -2.35. The average Bonchev–Trinajstić information content (AvgIpc) is 3.60. The molecule has 0 aliphatic heterocycles. The van der Waals surface area contributed by atoms with Crippen LogP contribution in [0, 0.1) is 5.92 Å². The summed E-state index contributed by atoms with van der Waals surface area (Å²) in [6.45, 7) is 0. The second kappa shape index (κ2) is 8.54. The van der Waals surface area contributed by atoms with E-state index in [4.69, 9.17) is 0 Å². The normalized spacial score (nSPS) is 14.7. The molecule has 1 saturated carbocycles. The third-order valence-corrected chi connectivity index (χ3v) is 5.83. The summed E-state index contributed by atoms with van der Waals surface area (Å²) in [4.78, 5) is 25.9. The molecule has 30 heavy (non-hydrogen) atoms. The summed E-state index contributed by atoms with van der Waals surface area (Å²) < 4.78 is 0. The standard InChI is InChI=1S/C26H25NO3/c28-24(29)23(18-19-16-17-19)27-25(30)26(20-10-4-1-5-11-20,21-12-6-2-7-13-21)22-14-8-3-9-15-22/h1-15,19,23H,16-18H2,(H,27,30)(H,28,29)/t23-/m1/s1. The number of hydrogen-bond donors (Lipinski definition) is 2. The fraction of sp³-hybridized carbons (Fsp3) is 0.231. The highest BCUT2D eigenvalue weighted by molar-refractivity contribution is 5.98. The van der Waals surface area contributed by atoms with E-state index in [1.165, 1.54) is 0 Å². The van der Waals surface area contributed by atoms with E-state index in [2.05, 4.69) is 5.32 Å². The predicted octanol–water partition coefficient (Wildman–Crippen LogP) is 4.39. The number of hydrogen-bond acceptors (Lipinski definition) is 2. The van der Waals surface area contributed by atoms with Crippen molar-refractivity contribution in [1.29, 1.82) is 0 Å². The number of nitrogens with one attached hydrogen (secondary N) is 1. The number of aliphatic carboxylic acids is 1. The van der Waals surface area contributed by atoms with Gasteiger partial charge in [0.1, 0.15) is 11.5 Å². The first kappa shape index (κ1) is 19.9. The van der Waals surface area contributed by atoms with Gasteiger partial charge in [-0.1, -0.05) is 104 Å². The van der Waals surface area contributed by atoms with E-state index in [0.717, 1.165) is 29.5 Å². The van der Waals surface area contributed by atoms with Crippen molar-refractivity contribution in [2.24, 2.45) is 5.92 Å². The van der Waals surface area contributed by atoms with Crippen molar-refractivity contribution in [3.8, 4) is 0 Å². The Kier molecular flexibility index (Phi) is 5.66. The van der Waals surface area contributed by atoms with Gasteiger partial charge in [0.25, 0.3) is 0 Å². The molecule has 3 aromatic carbocycles. The summed E-state index contributed by atoms with van der Waals surface area (Å²) in [5.41, 5.74) is 1.25. The molecule has 0 radical (unpaired) electrons.